The molecule has 0 spiro atoms. The Hall–Kier alpha value is -1.31. The van der Waals surface area contributed by atoms with Crippen molar-refractivity contribution in [1.82, 2.24) is 20.4 Å². The Kier molecular flexibility index (Phi) is 6.89. The molecule has 156 valence electrons. The van der Waals surface area contributed by atoms with Gasteiger partial charge in [0.25, 0.3) is 0 Å². The lowest BCUT2D eigenvalue weighted by molar-refractivity contribution is 0.00473. The number of carbonyl (C=O) groups is 1. The number of rotatable bonds is 6. The number of nitrogens with zero attached hydrogens (tertiary/aromatic N) is 3. The molecule has 1 N–H and O–H groups in total. The number of fused-ring (bicyclic) bond motifs is 2. The molecule has 3 rings (SSSR count). The van der Waals surface area contributed by atoms with Crippen LogP contribution in [-0.2, 0) is 4.74 Å². The molecule has 3 heterocycles. The van der Waals surface area contributed by atoms with E-state index >= 15 is 0 Å². The highest BCUT2D eigenvalue weighted by atomic mass is 35.5. The van der Waals surface area contributed by atoms with Crippen LogP contribution in [0.3, 0.4) is 0 Å². The monoisotopic (exact) mass is 430 g/mol. The number of aromatic nitrogens is 2. The van der Waals surface area contributed by atoms with Crippen LogP contribution in [-0.4, -0.2) is 58.1 Å². The maximum absolute atomic E-state index is 12.5. The van der Waals surface area contributed by atoms with Gasteiger partial charge in [-0.05, 0) is 59.4 Å². The molecule has 1 amide bonds. The Morgan fingerprint density at radius 1 is 1.25 bits per heavy atom. The Morgan fingerprint density at radius 3 is 2.57 bits per heavy atom. The van der Waals surface area contributed by atoms with E-state index in [0.29, 0.717) is 18.4 Å². The lowest BCUT2D eigenvalue weighted by Gasteiger charge is -2.39. The van der Waals surface area contributed by atoms with Gasteiger partial charge >= 0.3 is 6.09 Å². The fourth-order valence-electron chi connectivity index (χ4n) is 3.96. The lowest BCUT2D eigenvalue weighted by Crippen LogP contribution is -2.52. The molecule has 2 bridgehead atoms. The summed E-state index contributed by atoms with van der Waals surface area (Å²) in [5, 5.41) is 11.4. The minimum Gasteiger partial charge on any atom is -0.490 e. The summed E-state index contributed by atoms with van der Waals surface area (Å²) in [7, 11) is 0. The zero-order valence-electron chi connectivity index (χ0n) is 16.6. The number of nitrogens with one attached hydrogen (secondary N) is 1. The number of hydrogen-bond donors (Lipinski definition) is 1. The van der Waals surface area contributed by atoms with Crippen LogP contribution in [0.15, 0.2) is 6.07 Å². The van der Waals surface area contributed by atoms with E-state index < -0.39 is 5.60 Å². The molecule has 0 radical (unpaired) electrons. The quantitative estimate of drug-likeness (QED) is 0.685. The van der Waals surface area contributed by atoms with Gasteiger partial charge in [-0.15, -0.1) is 10.2 Å². The van der Waals surface area contributed by atoms with Crippen LogP contribution < -0.4 is 10.1 Å². The number of piperidine rings is 1. The third-order valence-electron chi connectivity index (χ3n) is 5.04. The largest absolute Gasteiger partial charge is 0.490 e. The highest BCUT2D eigenvalue weighted by Crippen LogP contribution is 2.36. The maximum Gasteiger partial charge on any atom is 0.410 e. The van der Waals surface area contributed by atoms with Gasteiger partial charge in [0.1, 0.15) is 5.60 Å². The summed E-state index contributed by atoms with van der Waals surface area (Å²) >= 11 is 11.7. The SMILES string of the molecule is CC(C)(C)OC(=O)N1[C@@H]2CC[C@H]1CC(NCCCOc1cc(Cl)nnc1Cl)C2. The fourth-order valence-corrected chi connectivity index (χ4v) is 4.24. The Balaban J connectivity index is 1.39. The van der Waals surface area contributed by atoms with Gasteiger partial charge in [0.05, 0.1) is 6.61 Å². The van der Waals surface area contributed by atoms with Gasteiger partial charge < -0.3 is 19.7 Å². The van der Waals surface area contributed by atoms with Crippen molar-refractivity contribution in [1.29, 1.82) is 0 Å². The summed E-state index contributed by atoms with van der Waals surface area (Å²) < 4.78 is 11.2. The number of hydrogen-bond acceptors (Lipinski definition) is 6. The van der Waals surface area contributed by atoms with Gasteiger partial charge in [-0.1, -0.05) is 23.2 Å². The number of amides is 1. The van der Waals surface area contributed by atoms with E-state index in [1.807, 2.05) is 25.7 Å². The lowest BCUT2D eigenvalue weighted by atomic mass is 9.97. The number of carbonyl (C=O) groups excluding carboxylic acids is 1. The van der Waals surface area contributed by atoms with Crippen molar-refractivity contribution in [2.24, 2.45) is 0 Å². The predicted octanol–water partition coefficient (Wildman–Crippen LogP) is 4.07. The van der Waals surface area contributed by atoms with Crippen LogP contribution in [0.1, 0.15) is 52.9 Å². The molecule has 28 heavy (non-hydrogen) atoms. The topological polar surface area (TPSA) is 76.6 Å². The first-order valence-electron chi connectivity index (χ1n) is 9.79. The molecule has 0 aliphatic carbocycles. The van der Waals surface area contributed by atoms with E-state index in [-0.39, 0.29) is 28.5 Å². The molecule has 2 fully saturated rings. The molecule has 1 aromatic heterocycles. The van der Waals surface area contributed by atoms with Gasteiger partial charge in [0, 0.05) is 24.2 Å². The molecular formula is C19H28Cl2N4O3. The van der Waals surface area contributed by atoms with Crippen LogP contribution in [0, 0.1) is 0 Å². The Bertz CT molecular complexity index is 684. The molecule has 0 saturated carbocycles. The zero-order valence-corrected chi connectivity index (χ0v) is 18.1. The molecule has 2 aliphatic rings. The second-order valence-corrected chi connectivity index (χ2v) is 9.16. The van der Waals surface area contributed by atoms with Crippen molar-refractivity contribution < 1.29 is 14.3 Å². The minimum absolute atomic E-state index is 0.173. The molecule has 2 aliphatic heterocycles. The van der Waals surface area contributed by atoms with Gasteiger partial charge in [-0.2, -0.15) is 0 Å². The summed E-state index contributed by atoms with van der Waals surface area (Å²) in [6.45, 7) is 7.07. The van der Waals surface area contributed by atoms with E-state index in [9.17, 15) is 4.79 Å². The van der Waals surface area contributed by atoms with Crippen LogP contribution >= 0.6 is 23.2 Å². The molecule has 1 aromatic rings. The highest BCUT2D eigenvalue weighted by Gasteiger charge is 2.44. The summed E-state index contributed by atoms with van der Waals surface area (Å²) in [6, 6.07) is 2.52. The first-order chi connectivity index (χ1) is 13.2. The van der Waals surface area contributed by atoms with Crippen molar-refractivity contribution in [3.63, 3.8) is 0 Å². The maximum atomic E-state index is 12.5. The van der Waals surface area contributed by atoms with Crippen LogP contribution in [0.5, 0.6) is 5.75 Å². The highest BCUT2D eigenvalue weighted by molar-refractivity contribution is 6.32. The second-order valence-electron chi connectivity index (χ2n) is 8.42. The van der Waals surface area contributed by atoms with Crippen molar-refractivity contribution in [2.45, 2.75) is 76.6 Å². The summed E-state index contributed by atoms with van der Waals surface area (Å²) in [6.07, 6.45) is 4.70. The van der Waals surface area contributed by atoms with E-state index in [1.165, 1.54) is 0 Å². The molecule has 1 unspecified atom stereocenters. The number of ether oxygens (including phenoxy) is 2. The predicted molar refractivity (Wildman–Crippen MR) is 108 cm³/mol. The van der Waals surface area contributed by atoms with E-state index in [4.69, 9.17) is 32.7 Å². The van der Waals surface area contributed by atoms with Crippen molar-refractivity contribution in [2.75, 3.05) is 13.2 Å². The first-order valence-corrected chi connectivity index (χ1v) is 10.5. The fraction of sp³-hybridized carbons (Fsp3) is 0.737. The van der Waals surface area contributed by atoms with E-state index in [1.54, 1.807) is 6.07 Å². The van der Waals surface area contributed by atoms with E-state index in [2.05, 4.69) is 15.5 Å². The standard InChI is InChI=1S/C19H28Cl2N4O3/c1-19(2,3)28-18(26)25-13-5-6-14(25)10-12(9-13)22-7-4-8-27-15-11-16(20)23-24-17(15)21/h11-14,22H,4-10H2,1-3H3/t12?,13-,14+. The molecule has 7 nitrogen and oxygen atoms in total. The van der Waals surface area contributed by atoms with Gasteiger partial charge in [0.15, 0.2) is 16.1 Å². The van der Waals surface area contributed by atoms with Gasteiger partial charge in [-0.3, -0.25) is 0 Å². The van der Waals surface area contributed by atoms with Crippen molar-refractivity contribution in [3.8, 4) is 5.75 Å². The molecule has 0 aromatic carbocycles. The average molecular weight is 431 g/mol. The third kappa shape index (κ3) is 5.61. The average Bonchev–Trinajstić information content (AvgIpc) is 2.87. The number of halogens is 2. The molecule has 9 heteroatoms. The Morgan fingerprint density at radius 2 is 1.93 bits per heavy atom. The normalized spacial score (nSPS) is 24.3. The zero-order chi connectivity index (χ0) is 20.3. The second kappa shape index (κ2) is 9.01. The summed E-state index contributed by atoms with van der Waals surface area (Å²) in [5.41, 5.74) is -0.455. The smallest absolute Gasteiger partial charge is 0.410 e. The minimum atomic E-state index is -0.455. The van der Waals surface area contributed by atoms with Gasteiger partial charge in [0.2, 0.25) is 0 Å². The van der Waals surface area contributed by atoms with Crippen molar-refractivity contribution in [3.05, 3.63) is 16.4 Å². The van der Waals surface area contributed by atoms with Crippen LogP contribution in [0.25, 0.3) is 0 Å². The third-order valence-corrected chi connectivity index (χ3v) is 5.48. The molecular weight excluding hydrogens is 403 g/mol. The van der Waals surface area contributed by atoms with Crippen molar-refractivity contribution >= 4 is 29.3 Å². The van der Waals surface area contributed by atoms with Crippen LogP contribution in [0.2, 0.25) is 10.3 Å². The first kappa shape index (κ1) is 21.4. The summed E-state index contributed by atoms with van der Waals surface area (Å²) in [4.78, 5) is 14.5. The Labute approximate surface area is 176 Å². The van der Waals surface area contributed by atoms with Crippen LogP contribution in [0.4, 0.5) is 4.79 Å². The molecule has 2 saturated heterocycles. The molecule has 3 atom stereocenters. The van der Waals surface area contributed by atoms with E-state index in [0.717, 1.165) is 38.6 Å². The van der Waals surface area contributed by atoms with Gasteiger partial charge in [-0.25, -0.2) is 4.79 Å². The summed E-state index contributed by atoms with van der Waals surface area (Å²) in [5.74, 6) is 0.449.